The molecule has 0 aromatic rings. The van der Waals surface area contributed by atoms with Gasteiger partial charge in [-0.05, 0) is 45.7 Å². The van der Waals surface area contributed by atoms with Crippen molar-refractivity contribution < 1.29 is 14.6 Å². The number of carbonyl (C=O) groups is 1. The van der Waals surface area contributed by atoms with Gasteiger partial charge in [-0.3, -0.25) is 4.90 Å². The van der Waals surface area contributed by atoms with Crippen molar-refractivity contribution in [3.05, 3.63) is 0 Å². The van der Waals surface area contributed by atoms with E-state index in [1.165, 1.54) is 0 Å². The average molecular weight is 341 g/mol. The third-order valence-electron chi connectivity index (χ3n) is 6.09. The summed E-state index contributed by atoms with van der Waals surface area (Å²) in [7, 11) is 0. The molecule has 2 fully saturated rings. The van der Waals surface area contributed by atoms with Crippen LogP contribution < -0.4 is 10.6 Å². The highest BCUT2D eigenvalue weighted by Crippen LogP contribution is 2.48. The molecular weight excluding hydrogens is 306 g/mol. The van der Waals surface area contributed by atoms with Gasteiger partial charge in [0.25, 0.3) is 0 Å². The smallest absolute Gasteiger partial charge is 0.314 e. The lowest BCUT2D eigenvalue weighted by molar-refractivity contribution is -0.0554. The molecule has 0 bridgehead atoms. The average Bonchev–Trinajstić information content (AvgIpc) is 2.89. The van der Waals surface area contributed by atoms with E-state index < -0.39 is 0 Å². The molecule has 1 saturated heterocycles. The summed E-state index contributed by atoms with van der Waals surface area (Å²) in [5.74, 6) is 0.161. The van der Waals surface area contributed by atoms with Crippen molar-refractivity contribution in [3.63, 3.8) is 0 Å². The molecule has 140 valence electrons. The maximum atomic E-state index is 12.0. The minimum absolute atomic E-state index is 0.0261. The molecule has 2 amide bonds. The number of aliphatic hydroxyl groups is 1. The molecule has 6 heteroatoms. The van der Waals surface area contributed by atoms with E-state index in [9.17, 15) is 9.90 Å². The van der Waals surface area contributed by atoms with E-state index in [-0.39, 0.29) is 23.5 Å². The number of nitrogens with zero attached hydrogens (tertiary/aromatic N) is 1. The van der Waals surface area contributed by atoms with Crippen LogP contribution in [0.1, 0.15) is 46.5 Å². The summed E-state index contributed by atoms with van der Waals surface area (Å²) in [6.07, 6.45) is 3.59. The van der Waals surface area contributed by atoms with E-state index in [2.05, 4.69) is 36.3 Å². The summed E-state index contributed by atoms with van der Waals surface area (Å²) >= 11 is 0. The number of ether oxygens (including phenoxy) is 1. The maximum Gasteiger partial charge on any atom is 0.314 e. The summed E-state index contributed by atoms with van der Waals surface area (Å²) in [6, 6.07) is 0.197. The van der Waals surface area contributed by atoms with Gasteiger partial charge in [0.2, 0.25) is 0 Å². The molecular formula is C18H35N3O3. The van der Waals surface area contributed by atoms with Gasteiger partial charge in [-0.1, -0.05) is 13.8 Å². The Morgan fingerprint density at radius 3 is 2.54 bits per heavy atom. The lowest BCUT2D eigenvalue weighted by Crippen LogP contribution is -2.47. The van der Waals surface area contributed by atoms with Crippen LogP contribution in [0.2, 0.25) is 0 Å². The van der Waals surface area contributed by atoms with Gasteiger partial charge in [-0.2, -0.15) is 0 Å². The number of carbonyl (C=O) groups excluding carboxylic acids is 1. The van der Waals surface area contributed by atoms with Gasteiger partial charge < -0.3 is 20.5 Å². The minimum Gasteiger partial charge on any atom is -0.392 e. The highest BCUT2D eigenvalue weighted by molar-refractivity contribution is 5.73. The number of urea groups is 1. The van der Waals surface area contributed by atoms with Gasteiger partial charge in [0.15, 0.2) is 0 Å². The Bertz CT molecular complexity index is 395. The van der Waals surface area contributed by atoms with Crippen molar-refractivity contribution in [2.75, 3.05) is 39.4 Å². The molecule has 2 rings (SSSR count). The third-order valence-corrected chi connectivity index (χ3v) is 6.09. The van der Waals surface area contributed by atoms with Crippen molar-refractivity contribution in [1.29, 1.82) is 0 Å². The van der Waals surface area contributed by atoms with Crippen molar-refractivity contribution in [2.45, 2.75) is 58.6 Å². The first-order valence-electron chi connectivity index (χ1n) is 9.54. The molecule has 0 unspecified atom stereocenters. The Labute approximate surface area is 146 Å². The van der Waals surface area contributed by atoms with Crippen LogP contribution in [0, 0.1) is 11.3 Å². The van der Waals surface area contributed by atoms with Crippen LogP contribution in [0.15, 0.2) is 0 Å². The normalized spacial score (nSPS) is 27.4. The van der Waals surface area contributed by atoms with Crippen LogP contribution in [0.5, 0.6) is 0 Å². The van der Waals surface area contributed by atoms with Gasteiger partial charge in [0.05, 0.1) is 6.10 Å². The largest absolute Gasteiger partial charge is 0.392 e. The Kier molecular flexibility index (Phi) is 7.32. The van der Waals surface area contributed by atoms with Gasteiger partial charge in [0.1, 0.15) is 0 Å². The fraction of sp³-hybridized carbons (Fsp3) is 0.944. The zero-order valence-corrected chi connectivity index (χ0v) is 15.5. The second kappa shape index (κ2) is 9.02. The standard InChI is InChI=1S/C18H35N3O3/c1-4-21(5-2)14(3)12-19-17(23)20-13-15-6-7-18(16(15)22)8-10-24-11-9-18/h14-16,22H,4-13H2,1-3H3,(H2,19,20,23)/t14-,15+,16-/m1/s1. The molecule has 1 heterocycles. The van der Waals surface area contributed by atoms with E-state index in [0.29, 0.717) is 19.1 Å². The van der Waals surface area contributed by atoms with Crippen molar-refractivity contribution in [1.82, 2.24) is 15.5 Å². The molecule has 0 aromatic carbocycles. The second-order valence-electron chi connectivity index (χ2n) is 7.38. The zero-order chi connectivity index (χ0) is 17.6. The topological polar surface area (TPSA) is 73.8 Å². The highest BCUT2D eigenvalue weighted by Gasteiger charge is 2.48. The van der Waals surface area contributed by atoms with Crippen LogP contribution in [-0.4, -0.2) is 67.6 Å². The third kappa shape index (κ3) is 4.61. The Morgan fingerprint density at radius 2 is 1.92 bits per heavy atom. The molecule has 1 aliphatic heterocycles. The van der Waals surface area contributed by atoms with Crippen LogP contribution in [0.4, 0.5) is 4.79 Å². The molecule has 0 radical (unpaired) electrons. The minimum atomic E-state index is -0.323. The molecule has 3 atom stereocenters. The van der Waals surface area contributed by atoms with E-state index in [4.69, 9.17) is 4.74 Å². The van der Waals surface area contributed by atoms with E-state index in [1.807, 2.05) is 0 Å². The van der Waals surface area contributed by atoms with Crippen LogP contribution in [0.3, 0.4) is 0 Å². The molecule has 6 nitrogen and oxygen atoms in total. The summed E-state index contributed by atoms with van der Waals surface area (Å²) in [4.78, 5) is 14.4. The molecule has 24 heavy (non-hydrogen) atoms. The molecule has 1 spiro atoms. The number of aliphatic hydroxyl groups excluding tert-OH is 1. The summed E-state index contributed by atoms with van der Waals surface area (Å²) in [6.45, 7) is 11.1. The van der Waals surface area contributed by atoms with E-state index in [1.54, 1.807) is 0 Å². The van der Waals surface area contributed by atoms with E-state index in [0.717, 1.165) is 52.0 Å². The van der Waals surface area contributed by atoms with Crippen LogP contribution in [0.25, 0.3) is 0 Å². The summed E-state index contributed by atoms with van der Waals surface area (Å²) in [5.41, 5.74) is 0.0261. The summed E-state index contributed by atoms with van der Waals surface area (Å²) < 4.78 is 5.44. The first-order valence-corrected chi connectivity index (χ1v) is 9.54. The SMILES string of the molecule is CCN(CC)[C@H](C)CNC(=O)NC[C@@H]1CCC2(CCOCC2)[C@@H]1O. The second-order valence-corrected chi connectivity index (χ2v) is 7.38. The van der Waals surface area contributed by atoms with Crippen LogP contribution >= 0.6 is 0 Å². The quantitative estimate of drug-likeness (QED) is 0.657. The fourth-order valence-corrected chi connectivity index (χ4v) is 4.32. The van der Waals surface area contributed by atoms with Gasteiger partial charge in [-0.25, -0.2) is 4.79 Å². The monoisotopic (exact) mass is 341 g/mol. The van der Waals surface area contributed by atoms with Crippen molar-refractivity contribution in [2.24, 2.45) is 11.3 Å². The van der Waals surface area contributed by atoms with Crippen LogP contribution in [-0.2, 0) is 4.74 Å². The van der Waals surface area contributed by atoms with Gasteiger partial charge >= 0.3 is 6.03 Å². The van der Waals surface area contributed by atoms with Gasteiger partial charge in [0, 0.05) is 43.7 Å². The first kappa shape index (κ1) is 19.5. The summed E-state index contributed by atoms with van der Waals surface area (Å²) in [5, 5.41) is 16.6. The molecule has 2 aliphatic rings. The predicted octanol–water partition coefficient (Wildman–Crippen LogP) is 1.58. The number of likely N-dealkylation sites (N-methyl/N-ethyl adjacent to an activating group) is 1. The number of hydrogen-bond donors (Lipinski definition) is 3. The Balaban J connectivity index is 1.70. The Morgan fingerprint density at radius 1 is 1.25 bits per heavy atom. The number of amides is 2. The number of rotatable bonds is 7. The Hall–Kier alpha value is -0.850. The molecule has 3 N–H and O–H groups in total. The van der Waals surface area contributed by atoms with E-state index >= 15 is 0 Å². The predicted molar refractivity (Wildman–Crippen MR) is 95.0 cm³/mol. The molecule has 1 saturated carbocycles. The lowest BCUT2D eigenvalue weighted by atomic mass is 9.76. The number of hydrogen-bond acceptors (Lipinski definition) is 4. The lowest BCUT2D eigenvalue weighted by Gasteiger charge is -2.37. The molecule has 0 aromatic heterocycles. The fourth-order valence-electron chi connectivity index (χ4n) is 4.32. The first-order chi connectivity index (χ1) is 11.5. The van der Waals surface area contributed by atoms with Crippen molar-refractivity contribution >= 4 is 6.03 Å². The molecule has 1 aliphatic carbocycles. The zero-order valence-electron chi connectivity index (χ0n) is 15.5. The highest BCUT2D eigenvalue weighted by atomic mass is 16.5. The number of nitrogens with one attached hydrogen (secondary N) is 2. The van der Waals surface area contributed by atoms with Crippen molar-refractivity contribution in [3.8, 4) is 0 Å². The van der Waals surface area contributed by atoms with Gasteiger partial charge in [-0.15, -0.1) is 0 Å². The maximum absolute atomic E-state index is 12.0.